The highest BCUT2D eigenvalue weighted by Gasteiger charge is 2.18. The molecule has 0 radical (unpaired) electrons. The second-order valence-electron chi connectivity index (χ2n) is 4.49. The summed E-state index contributed by atoms with van der Waals surface area (Å²) in [6.45, 7) is 1.94. The van der Waals surface area contributed by atoms with Gasteiger partial charge in [-0.3, -0.25) is 5.84 Å². The van der Waals surface area contributed by atoms with Crippen LogP contribution in [0.15, 0.2) is 40.9 Å². The number of aryl methyl sites for hydroxylation is 1. The first kappa shape index (κ1) is 15.0. The van der Waals surface area contributed by atoms with E-state index in [1.165, 1.54) is 6.07 Å². The Morgan fingerprint density at radius 3 is 2.45 bits per heavy atom. The SMILES string of the molecule is COc1ccc(C(NN)c2ccc(Br)cc2F)c(C)c1. The summed E-state index contributed by atoms with van der Waals surface area (Å²) < 4.78 is 20.0. The summed E-state index contributed by atoms with van der Waals surface area (Å²) in [6, 6.07) is 10.2. The molecule has 2 aromatic rings. The Hall–Kier alpha value is -1.43. The highest BCUT2D eigenvalue weighted by Crippen LogP contribution is 2.29. The van der Waals surface area contributed by atoms with E-state index in [-0.39, 0.29) is 5.82 Å². The average Bonchev–Trinajstić information content (AvgIpc) is 2.43. The molecular formula is C15H16BrFN2O. The number of ether oxygens (including phenoxy) is 1. The predicted octanol–water partition coefficient (Wildman–Crippen LogP) is 3.46. The average molecular weight is 339 g/mol. The van der Waals surface area contributed by atoms with Crippen molar-refractivity contribution in [3.63, 3.8) is 0 Å². The van der Waals surface area contributed by atoms with Gasteiger partial charge in [0.05, 0.1) is 13.2 Å². The molecule has 0 heterocycles. The van der Waals surface area contributed by atoms with Gasteiger partial charge in [0.1, 0.15) is 11.6 Å². The van der Waals surface area contributed by atoms with Gasteiger partial charge < -0.3 is 4.74 Å². The van der Waals surface area contributed by atoms with Gasteiger partial charge in [-0.25, -0.2) is 9.82 Å². The molecule has 2 aromatic carbocycles. The first-order chi connectivity index (χ1) is 9.56. The van der Waals surface area contributed by atoms with Crippen LogP contribution in [0.3, 0.4) is 0 Å². The van der Waals surface area contributed by atoms with E-state index in [1.54, 1.807) is 19.2 Å². The molecule has 0 aromatic heterocycles. The van der Waals surface area contributed by atoms with Crippen LogP contribution in [0.2, 0.25) is 0 Å². The molecule has 3 nitrogen and oxygen atoms in total. The van der Waals surface area contributed by atoms with Crippen molar-refractivity contribution in [1.82, 2.24) is 5.43 Å². The predicted molar refractivity (Wildman–Crippen MR) is 81.0 cm³/mol. The summed E-state index contributed by atoms with van der Waals surface area (Å²) in [7, 11) is 1.61. The second kappa shape index (κ2) is 6.35. The van der Waals surface area contributed by atoms with Gasteiger partial charge in [0, 0.05) is 10.0 Å². The Bertz CT molecular complexity index is 619. The molecule has 20 heavy (non-hydrogen) atoms. The van der Waals surface area contributed by atoms with E-state index >= 15 is 0 Å². The first-order valence-corrected chi connectivity index (χ1v) is 6.91. The molecule has 0 aliphatic carbocycles. The molecule has 3 N–H and O–H groups in total. The van der Waals surface area contributed by atoms with E-state index in [2.05, 4.69) is 21.4 Å². The molecule has 0 amide bonds. The number of halogens is 2. The van der Waals surface area contributed by atoms with Gasteiger partial charge in [0.15, 0.2) is 0 Å². The lowest BCUT2D eigenvalue weighted by Gasteiger charge is -2.20. The number of hydrazine groups is 1. The van der Waals surface area contributed by atoms with Crippen LogP contribution in [0.4, 0.5) is 4.39 Å². The van der Waals surface area contributed by atoms with Crippen molar-refractivity contribution in [3.05, 3.63) is 63.4 Å². The van der Waals surface area contributed by atoms with Crippen LogP contribution in [0.25, 0.3) is 0 Å². The van der Waals surface area contributed by atoms with Crippen molar-refractivity contribution in [2.75, 3.05) is 7.11 Å². The maximum atomic E-state index is 14.1. The second-order valence-corrected chi connectivity index (χ2v) is 5.40. The summed E-state index contributed by atoms with van der Waals surface area (Å²) in [4.78, 5) is 0. The normalized spacial score (nSPS) is 12.2. The zero-order valence-corrected chi connectivity index (χ0v) is 12.9. The minimum absolute atomic E-state index is 0.308. The zero-order valence-electron chi connectivity index (χ0n) is 11.3. The van der Waals surface area contributed by atoms with Gasteiger partial charge in [-0.2, -0.15) is 0 Å². The number of hydrogen-bond donors (Lipinski definition) is 2. The third kappa shape index (κ3) is 3.00. The maximum Gasteiger partial charge on any atom is 0.129 e. The van der Waals surface area contributed by atoms with Crippen molar-refractivity contribution in [2.24, 2.45) is 5.84 Å². The topological polar surface area (TPSA) is 47.3 Å². The lowest BCUT2D eigenvalue weighted by Crippen LogP contribution is -2.30. The van der Waals surface area contributed by atoms with Crippen LogP contribution in [-0.4, -0.2) is 7.11 Å². The van der Waals surface area contributed by atoms with Gasteiger partial charge in [0.25, 0.3) is 0 Å². The number of methoxy groups -OCH3 is 1. The summed E-state index contributed by atoms with van der Waals surface area (Å²) in [5, 5.41) is 0. The number of rotatable bonds is 4. The standard InChI is InChI=1S/C15H16BrFN2O/c1-9-7-11(20-2)4-6-12(9)15(19-18)13-5-3-10(16)8-14(13)17/h3-8,15,19H,18H2,1-2H3. The number of hydrogen-bond acceptors (Lipinski definition) is 3. The van der Waals surface area contributed by atoms with Crippen LogP contribution >= 0.6 is 15.9 Å². The van der Waals surface area contributed by atoms with Crippen molar-refractivity contribution in [1.29, 1.82) is 0 Å². The van der Waals surface area contributed by atoms with Crippen LogP contribution in [0, 0.1) is 12.7 Å². The van der Waals surface area contributed by atoms with E-state index in [0.717, 1.165) is 16.9 Å². The molecule has 0 saturated heterocycles. The Morgan fingerprint density at radius 1 is 1.20 bits per heavy atom. The third-order valence-electron chi connectivity index (χ3n) is 3.23. The van der Waals surface area contributed by atoms with Crippen LogP contribution in [-0.2, 0) is 0 Å². The Balaban J connectivity index is 2.47. The summed E-state index contributed by atoms with van der Waals surface area (Å²) in [6.07, 6.45) is 0. The fourth-order valence-corrected chi connectivity index (χ4v) is 2.51. The molecular weight excluding hydrogens is 323 g/mol. The van der Waals surface area contributed by atoms with Crippen molar-refractivity contribution < 1.29 is 9.13 Å². The van der Waals surface area contributed by atoms with E-state index < -0.39 is 6.04 Å². The molecule has 1 unspecified atom stereocenters. The van der Waals surface area contributed by atoms with E-state index in [1.807, 2.05) is 25.1 Å². The third-order valence-corrected chi connectivity index (χ3v) is 3.72. The Morgan fingerprint density at radius 2 is 1.90 bits per heavy atom. The van der Waals surface area contributed by atoms with Gasteiger partial charge in [-0.1, -0.05) is 28.1 Å². The van der Waals surface area contributed by atoms with E-state index in [4.69, 9.17) is 10.6 Å². The molecule has 0 saturated carbocycles. The van der Waals surface area contributed by atoms with Crippen LogP contribution in [0.5, 0.6) is 5.75 Å². The van der Waals surface area contributed by atoms with E-state index in [9.17, 15) is 4.39 Å². The highest BCUT2D eigenvalue weighted by atomic mass is 79.9. The van der Waals surface area contributed by atoms with Crippen molar-refractivity contribution in [2.45, 2.75) is 13.0 Å². The van der Waals surface area contributed by atoms with Crippen LogP contribution in [0.1, 0.15) is 22.7 Å². The minimum atomic E-state index is -0.408. The summed E-state index contributed by atoms with van der Waals surface area (Å²) in [5.74, 6) is 6.08. The molecule has 0 spiro atoms. The van der Waals surface area contributed by atoms with Gasteiger partial charge in [0.2, 0.25) is 0 Å². The molecule has 5 heteroatoms. The highest BCUT2D eigenvalue weighted by molar-refractivity contribution is 9.10. The molecule has 0 bridgehead atoms. The van der Waals surface area contributed by atoms with E-state index in [0.29, 0.717) is 10.0 Å². The zero-order chi connectivity index (χ0) is 14.7. The largest absolute Gasteiger partial charge is 0.497 e. The number of benzene rings is 2. The quantitative estimate of drug-likeness (QED) is 0.663. The molecule has 0 aliphatic heterocycles. The smallest absolute Gasteiger partial charge is 0.129 e. The van der Waals surface area contributed by atoms with Gasteiger partial charge >= 0.3 is 0 Å². The fraction of sp³-hybridized carbons (Fsp3) is 0.200. The molecule has 1 atom stereocenters. The first-order valence-electron chi connectivity index (χ1n) is 6.12. The van der Waals surface area contributed by atoms with Crippen LogP contribution < -0.4 is 16.0 Å². The monoisotopic (exact) mass is 338 g/mol. The summed E-state index contributed by atoms with van der Waals surface area (Å²) >= 11 is 3.25. The minimum Gasteiger partial charge on any atom is -0.497 e. The number of nitrogens with one attached hydrogen (secondary N) is 1. The van der Waals surface area contributed by atoms with Crippen molar-refractivity contribution >= 4 is 15.9 Å². The molecule has 2 rings (SSSR count). The lowest BCUT2D eigenvalue weighted by atomic mass is 9.95. The van der Waals surface area contributed by atoms with Gasteiger partial charge in [-0.05, 0) is 42.3 Å². The van der Waals surface area contributed by atoms with Gasteiger partial charge in [-0.15, -0.1) is 0 Å². The molecule has 106 valence electrons. The Labute approximate surface area is 126 Å². The molecule has 0 aliphatic rings. The van der Waals surface area contributed by atoms with Crippen molar-refractivity contribution in [3.8, 4) is 5.75 Å². The maximum absolute atomic E-state index is 14.1. The fourth-order valence-electron chi connectivity index (χ4n) is 2.18. The molecule has 0 fully saturated rings. The lowest BCUT2D eigenvalue weighted by molar-refractivity contribution is 0.414. The number of nitrogens with two attached hydrogens (primary N) is 1. The summed E-state index contributed by atoms with van der Waals surface area (Å²) in [5.41, 5.74) is 5.07. The Kier molecular flexibility index (Phi) is 4.75.